The number of Topliss-reactive ketones (excluding diaryl/α,β-unsaturated/α-hetero) is 1. The molecule has 0 radical (unpaired) electrons. The fraction of sp³-hybridized carbons (Fsp3) is 0.529. The van der Waals surface area contributed by atoms with Gasteiger partial charge >= 0.3 is 5.97 Å². The molecule has 7 heteroatoms. The highest BCUT2D eigenvalue weighted by molar-refractivity contribution is 6.00. The number of hydrogen-bond acceptors (Lipinski definition) is 6. The van der Waals surface area contributed by atoms with Gasteiger partial charge in [-0.15, -0.1) is 0 Å². The number of benzene rings is 1. The van der Waals surface area contributed by atoms with E-state index >= 15 is 0 Å². The zero-order valence-corrected chi connectivity index (χ0v) is 14.3. The standard InChI is InChI=1S/C17H26N2O5/c1-11(2)19-9-13(20)10-24-16-6-4-12(18-3)8-14(16)15(21)5-7-17(22)23/h4,6,8,11,13,18-20H,5,7,9-10H2,1-3H3,(H,22,23). The molecule has 1 atom stereocenters. The van der Waals surface area contributed by atoms with Crippen molar-refractivity contribution in [1.82, 2.24) is 5.32 Å². The topological polar surface area (TPSA) is 108 Å². The molecule has 24 heavy (non-hydrogen) atoms. The largest absolute Gasteiger partial charge is 0.490 e. The second-order valence-corrected chi connectivity index (χ2v) is 5.81. The summed E-state index contributed by atoms with van der Waals surface area (Å²) in [5.74, 6) is -0.988. The first kappa shape index (κ1) is 19.9. The quantitative estimate of drug-likeness (QED) is 0.453. The maximum Gasteiger partial charge on any atom is 0.303 e. The molecule has 0 aliphatic rings. The Balaban J connectivity index is 2.77. The summed E-state index contributed by atoms with van der Waals surface area (Å²) in [7, 11) is 1.72. The van der Waals surface area contributed by atoms with Gasteiger partial charge in [-0.05, 0) is 18.2 Å². The third-order valence-corrected chi connectivity index (χ3v) is 3.33. The van der Waals surface area contributed by atoms with E-state index in [1.54, 1.807) is 25.2 Å². The second-order valence-electron chi connectivity index (χ2n) is 5.81. The van der Waals surface area contributed by atoms with E-state index in [2.05, 4.69) is 10.6 Å². The highest BCUT2D eigenvalue weighted by Crippen LogP contribution is 2.25. The maximum absolute atomic E-state index is 12.3. The summed E-state index contributed by atoms with van der Waals surface area (Å²) in [4.78, 5) is 22.9. The van der Waals surface area contributed by atoms with E-state index in [1.807, 2.05) is 13.8 Å². The van der Waals surface area contributed by atoms with Gasteiger partial charge in [-0.2, -0.15) is 0 Å². The smallest absolute Gasteiger partial charge is 0.303 e. The summed E-state index contributed by atoms with van der Waals surface area (Å²) in [6.07, 6.45) is -1.04. The summed E-state index contributed by atoms with van der Waals surface area (Å²) in [5, 5.41) is 24.7. The number of aliphatic hydroxyl groups is 1. The van der Waals surface area contributed by atoms with Crippen LogP contribution in [0.5, 0.6) is 5.75 Å². The van der Waals surface area contributed by atoms with Gasteiger partial charge in [0, 0.05) is 31.7 Å². The lowest BCUT2D eigenvalue weighted by Crippen LogP contribution is -2.35. The molecule has 4 N–H and O–H groups in total. The molecular formula is C17H26N2O5. The average Bonchev–Trinajstić information content (AvgIpc) is 2.55. The molecule has 0 aliphatic carbocycles. The first-order valence-corrected chi connectivity index (χ1v) is 7.94. The molecule has 1 unspecified atom stereocenters. The minimum atomic E-state index is -1.02. The minimum absolute atomic E-state index is 0.0395. The van der Waals surface area contributed by atoms with Crippen LogP contribution >= 0.6 is 0 Å². The zero-order chi connectivity index (χ0) is 18.1. The van der Waals surface area contributed by atoms with Gasteiger partial charge in [0.25, 0.3) is 0 Å². The lowest BCUT2D eigenvalue weighted by Gasteiger charge is -2.17. The van der Waals surface area contributed by atoms with Crippen LogP contribution in [-0.4, -0.2) is 54.3 Å². The minimum Gasteiger partial charge on any atom is -0.490 e. The molecule has 0 bridgehead atoms. The predicted molar refractivity (Wildman–Crippen MR) is 91.8 cm³/mol. The van der Waals surface area contributed by atoms with Crippen molar-refractivity contribution in [3.8, 4) is 5.75 Å². The Morgan fingerprint density at radius 3 is 2.54 bits per heavy atom. The first-order chi connectivity index (χ1) is 11.3. The van der Waals surface area contributed by atoms with Crippen molar-refractivity contribution in [2.75, 3.05) is 25.5 Å². The van der Waals surface area contributed by atoms with Crippen LogP contribution < -0.4 is 15.4 Å². The third-order valence-electron chi connectivity index (χ3n) is 3.33. The Kier molecular flexibility index (Phi) is 8.21. The van der Waals surface area contributed by atoms with Crippen LogP contribution in [0.2, 0.25) is 0 Å². The molecule has 1 aromatic carbocycles. The summed E-state index contributed by atoms with van der Waals surface area (Å²) in [5.41, 5.74) is 1.04. The molecule has 7 nitrogen and oxygen atoms in total. The van der Waals surface area contributed by atoms with Gasteiger partial charge < -0.3 is 25.6 Å². The number of aliphatic hydroxyl groups excluding tert-OH is 1. The normalized spacial score (nSPS) is 12.0. The fourth-order valence-electron chi connectivity index (χ4n) is 2.00. The van der Waals surface area contributed by atoms with Gasteiger partial charge in [-0.25, -0.2) is 0 Å². The molecule has 134 valence electrons. The number of anilines is 1. The Morgan fingerprint density at radius 2 is 1.96 bits per heavy atom. The van der Waals surface area contributed by atoms with Crippen molar-refractivity contribution >= 4 is 17.4 Å². The highest BCUT2D eigenvalue weighted by atomic mass is 16.5. The van der Waals surface area contributed by atoms with Crippen molar-refractivity contribution in [2.24, 2.45) is 0 Å². The molecule has 1 aromatic rings. The fourth-order valence-corrected chi connectivity index (χ4v) is 2.00. The van der Waals surface area contributed by atoms with E-state index in [9.17, 15) is 14.7 Å². The van der Waals surface area contributed by atoms with E-state index in [1.165, 1.54) is 0 Å². The molecule has 0 amide bonds. The number of carbonyl (C=O) groups excluding carboxylic acids is 1. The Hall–Kier alpha value is -2.12. The van der Waals surface area contributed by atoms with Crippen molar-refractivity contribution in [3.05, 3.63) is 23.8 Å². The first-order valence-electron chi connectivity index (χ1n) is 7.94. The average molecular weight is 338 g/mol. The van der Waals surface area contributed by atoms with E-state index in [0.29, 0.717) is 17.9 Å². The van der Waals surface area contributed by atoms with Crippen LogP contribution in [0.4, 0.5) is 5.69 Å². The van der Waals surface area contributed by atoms with E-state index < -0.39 is 12.1 Å². The Labute approximate surface area is 142 Å². The van der Waals surface area contributed by atoms with Crippen LogP contribution in [0, 0.1) is 0 Å². The summed E-state index contributed by atoms with van der Waals surface area (Å²) < 4.78 is 5.57. The van der Waals surface area contributed by atoms with E-state index in [0.717, 1.165) is 5.69 Å². The van der Waals surface area contributed by atoms with Crippen LogP contribution in [0.3, 0.4) is 0 Å². The number of ketones is 1. The summed E-state index contributed by atoms with van der Waals surface area (Å²) >= 11 is 0. The Bertz CT molecular complexity index is 560. The van der Waals surface area contributed by atoms with Crippen molar-refractivity contribution < 1.29 is 24.5 Å². The van der Waals surface area contributed by atoms with Crippen LogP contribution in [-0.2, 0) is 4.79 Å². The molecule has 0 fully saturated rings. The molecule has 0 aliphatic heterocycles. The number of carbonyl (C=O) groups is 2. The molecule has 0 aromatic heterocycles. The SMILES string of the molecule is CNc1ccc(OCC(O)CNC(C)C)c(C(=O)CCC(=O)O)c1. The molecule has 1 rings (SSSR count). The number of carboxylic acids is 1. The third kappa shape index (κ3) is 6.97. The maximum atomic E-state index is 12.3. The van der Waals surface area contributed by atoms with Gasteiger partial charge in [0.1, 0.15) is 18.5 Å². The number of nitrogens with one attached hydrogen (secondary N) is 2. The number of rotatable bonds is 11. The number of carboxylic acid groups (broad SMARTS) is 1. The van der Waals surface area contributed by atoms with Gasteiger partial charge in [0.15, 0.2) is 5.78 Å². The van der Waals surface area contributed by atoms with Crippen molar-refractivity contribution in [1.29, 1.82) is 0 Å². The summed E-state index contributed by atoms with van der Waals surface area (Å²) in [6.45, 7) is 4.37. The second kappa shape index (κ2) is 9.89. The van der Waals surface area contributed by atoms with Gasteiger partial charge in [-0.1, -0.05) is 13.8 Å². The predicted octanol–water partition coefficient (Wildman–Crippen LogP) is 1.51. The lowest BCUT2D eigenvalue weighted by molar-refractivity contribution is -0.136. The van der Waals surface area contributed by atoms with Gasteiger partial charge in [0.05, 0.1) is 12.0 Å². The number of hydrogen-bond donors (Lipinski definition) is 4. The van der Waals surface area contributed by atoms with Gasteiger partial charge in [0.2, 0.25) is 0 Å². The van der Waals surface area contributed by atoms with Gasteiger partial charge in [-0.3, -0.25) is 9.59 Å². The Morgan fingerprint density at radius 1 is 1.25 bits per heavy atom. The summed E-state index contributed by atoms with van der Waals surface area (Å²) in [6, 6.07) is 5.27. The lowest BCUT2D eigenvalue weighted by atomic mass is 10.0. The van der Waals surface area contributed by atoms with E-state index in [4.69, 9.17) is 9.84 Å². The van der Waals surface area contributed by atoms with Crippen LogP contribution in [0.15, 0.2) is 18.2 Å². The monoisotopic (exact) mass is 338 g/mol. The zero-order valence-electron chi connectivity index (χ0n) is 14.3. The van der Waals surface area contributed by atoms with Crippen LogP contribution in [0.1, 0.15) is 37.0 Å². The molecular weight excluding hydrogens is 312 g/mol. The molecule has 0 saturated heterocycles. The molecule has 0 spiro atoms. The molecule has 0 saturated carbocycles. The van der Waals surface area contributed by atoms with Crippen LogP contribution in [0.25, 0.3) is 0 Å². The van der Waals surface area contributed by atoms with E-state index in [-0.39, 0.29) is 31.3 Å². The highest BCUT2D eigenvalue weighted by Gasteiger charge is 2.16. The van der Waals surface area contributed by atoms with Crippen molar-refractivity contribution in [3.63, 3.8) is 0 Å². The van der Waals surface area contributed by atoms with Crippen molar-refractivity contribution in [2.45, 2.75) is 38.8 Å². The number of ether oxygens (including phenoxy) is 1. The molecule has 0 heterocycles. The number of aliphatic carboxylic acids is 1.